The van der Waals surface area contributed by atoms with Crippen LogP contribution >= 0.6 is 11.3 Å². The Labute approximate surface area is 116 Å². The molecule has 0 spiro atoms. The molecule has 19 heavy (non-hydrogen) atoms. The Morgan fingerprint density at radius 1 is 1.42 bits per heavy atom. The summed E-state index contributed by atoms with van der Waals surface area (Å²) in [4.78, 5) is 12.1. The molecule has 2 rings (SSSR count). The number of aliphatic hydroxyl groups excluding tert-OH is 1. The van der Waals surface area contributed by atoms with Gasteiger partial charge in [-0.25, -0.2) is 8.42 Å². The van der Waals surface area contributed by atoms with E-state index in [1.165, 1.54) is 10.4 Å². The Bertz CT molecular complexity index is 547. The van der Waals surface area contributed by atoms with Crippen molar-refractivity contribution in [2.24, 2.45) is 0 Å². The molecule has 2 heterocycles. The highest BCUT2D eigenvalue weighted by Crippen LogP contribution is 2.27. The summed E-state index contributed by atoms with van der Waals surface area (Å²) in [5.41, 5.74) is 0. The monoisotopic (exact) mass is 304 g/mol. The molecule has 2 N–H and O–H groups in total. The Morgan fingerprint density at radius 3 is 2.74 bits per heavy atom. The molecule has 1 aliphatic heterocycles. The van der Waals surface area contributed by atoms with Gasteiger partial charge in [-0.1, -0.05) is 0 Å². The van der Waals surface area contributed by atoms with Crippen LogP contribution in [0.2, 0.25) is 0 Å². The third kappa shape index (κ3) is 2.97. The molecule has 106 valence electrons. The molecule has 0 aromatic carbocycles. The van der Waals surface area contributed by atoms with E-state index in [0.29, 0.717) is 13.1 Å². The van der Waals surface area contributed by atoms with E-state index in [4.69, 9.17) is 5.11 Å². The fraction of sp³-hybridized carbons (Fsp3) is 0.545. The van der Waals surface area contributed by atoms with Crippen molar-refractivity contribution in [2.75, 3.05) is 26.2 Å². The van der Waals surface area contributed by atoms with E-state index in [2.05, 4.69) is 5.32 Å². The molecule has 0 bridgehead atoms. The summed E-state index contributed by atoms with van der Waals surface area (Å²) in [6.07, 6.45) is 1.71. The zero-order chi connectivity index (χ0) is 13.9. The largest absolute Gasteiger partial charge is 0.395 e. The van der Waals surface area contributed by atoms with E-state index in [1.807, 2.05) is 0 Å². The maximum Gasteiger partial charge on any atom is 0.262 e. The molecule has 1 aliphatic rings. The molecule has 1 aromatic heterocycles. The van der Waals surface area contributed by atoms with Crippen molar-refractivity contribution < 1.29 is 18.3 Å². The van der Waals surface area contributed by atoms with Gasteiger partial charge in [0.15, 0.2) is 0 Å². The highest BCUT2D eigenvalue weighted by molar-refractivity contribution is 7.89. The summed E-state index contributed by atoms with van der Waals surface area (Å²) in [5.74, 6) is -0.457. The molecule has 8 heteroatoms. The minimum absolute atomic E-state index is 0.0647. The highest BCUT2D eigenvalue weighted by atomic mass is 32.2. The van der Waals surface area contributed by atoms with E-state index in [9.17, 15) is 13.2 Å². The van der Waals surface area contributed by atoms with Gasteiger partial charge in [0.25, 0.3) is 5.91 Å². The Kier molecular flexibility index (Phi) is 4.56. The lowest BCUT2D eigenvalue weighted by Crippen LogP contribution is -2.31. The number of nitrogens with zero attached hydrogens (tertiary/aromatic N) is 1. The predicted octanol–water partition coefficient (Wildman–Crippen LogP) is 0.255. The SMILES string of the molecule is O=C(NCCO)c1sccc1S(=O)(=O)N1CCCC1. The number of rotatable bonds is 5. The molecule has 0 saturated carbocycles. The van der Waals surface area contributed by atoms with E-state index in [-0.39, 0.29) is 22.9 Å². The molecule has 1 amide bonds. The molecular weight excluding hydrogens is 288 g/mol. The number of thiophene rings is 1. The van der Waals surface area contributed by atoms with Gasteiger partial charge in [0.05, 0.1) is 6.61 Å². The first-order valence-corrected chi connectivity index (χ1v) is 8.36. The highest BCUT2D eigenvalue weighted by Gasteiger charge is 2.31. The minimum atomic E-state index is -3.58. The summed E-state index contributed by atoms with van der Waals surface area (Å²) in [7, 11) is -3.58. The average molecular weight is 304 g/mol. The molecule has 0 unspecified atom stereocenters. The van der Waals surface area contributed by atoms with Crippen LogP contribution in [0.15, 0.2) is 16.3 Å². The number of amides is 1. The molecule has 1 aromatic rings. The number of hydrogen-bond donors (Lipinski definition) is 2. The van der Waals surface area contributed by atoms with Crippen LogP contribution in [0.4, 0.5) is 0 Å². The third-order valence-corrected chi connectivity index (χ3v) is 5.90. The van der Waals surface area contributed by atoms with E-state index < -0.39 is 15.9 Å². The lowest BCUT2D eigenvalue weighted by molar-refractivity contribution is 0.0945. The fourth-order valence-electron chi connectivity index (χ4n) is 1.98. The molecule has 0 radical (unpaired) electrons. The van der Waals surface area contributed by atoms with Crippen molar-refractivity contribution >= 4 is 27.3 Å². The first-order valence-electron chi connectivity index (χ1n) is 6.04. The molecule has 0 aliphatic carbocycles. The molecule has 0 atom stereocenters. The van der Waals surface area contributed by atoms with Crippen molar-refractivity contribution in [1.82, 2.24) is 9.62 Å². The van der Waals surface area contributed by atoms with Gasteiger partial charge < -0.3 is 10.4 Å². The number of nitrogens with one attached hydrogen (secondary N) is 1. The van der Waals surface area contributed by atoms with Crippen LogP contribution in [-0.4, -0.2) is 50.0 Å². The van der Waals surface area contributed by atoms with E-state index in [1.54, 1.807) is 5.38 Å². The predicted molar refractivity (Wildman–Crippen MR) is 71.7 cm³/mol. The standard InChI is InChI=1S/C11H16N2O4S2/c14-7-4-12-11(15)10-9(3-8-18-10)19(16,17)13-5-1-2-6-13/h3,8,14H,1-2,4-7H2,(H,12,15). The topological polar surface area (TPSA) is 86.7 Å². The molecule has 1 saturated heterocycles. The second kappa shape index (κ2) is 6.00. The average Bonchev–Trinajstić information content (AvgIpc) is 3.05. The van der Waals surface area contributed by atoms with Crippen LogP contribution in [0.1, 0.15) is 22.5 Å². The van der Waals surface area contributed by atoms with Crippen LogP contribution in [0.5, 0.6) is 0 Å². The van der Waals surface area contributed by atoms with Gasteiger partial charge in [0, 0.05) is 19.6 Å². The molecule has 1 fully saturated rings. The van der Waals surface area contributed by atoms with Crippen LogP contribution < -0.4 is 5.32 Å². The molecular formula is C11H16N2O4S2. The first kappa shape index (κ1) is 14.4. The summed E-state index contributed by atoms with van der Waals surface area (Å²) >= 11 is 1.09. The maximum absolute atomic E-state index is 12.4. The van der Waals surface area contributed by atoms with E-state index in [0.717, 1.165) is 24.2 Å². The van der Waals surface area contributed by atoms with Gasteiger partial charge in [0.1, 0.15) is 9.77 Å². The van der Waals surface area contributed by atoms with Gasteiger partial charge in [-0.05, 0) is 24.3 Å². The number of carbonyl (C=O) groups is 1. The van der Waals surface area contributed by atoms with Gasteiger partial charge in [-0.2, -0.15) is 4.31 Å². The second-order valence-corrected chi connectivity index (χ2v) is 7.03. The quantitative estimate of drug-likeness (QED) is 0.816. The fourth-order valence-corrected chi connectivity index (χ4v) is 4.82. The zero-order valence-corrected chi connectivity index (χ0v) is 12.0. The van der Waals surface area contributed by atoms with Crippen molar-refractivity contribution in [2.45, 2.75) is 17.7 Å². The smallest absolute Gasteiger partial charge is 0.262 e. The third-order valence-electron chi connectivity index (χ3n) is 2.92. The summed E-state index contributed by atoms with van der Waals surface area (Å²) in [5, 5.41) is 12.7. The number of aliphatic hydroxyl groups is 1. The number of sulfonamides is 1. The summed E-state index contributed by atoms with van der Waals surface area (Å²) in [6.45, 7) is 0.955. The van der Waals surface area contributed by atoms with Crippen LogP contribution in [0.3, 0.4) is 0 Å². The Balaban J connectivity index is 2.25. The van der Waals surface area contributed by atoms with Crippen molar-refractivity contribution in [3.8, 4) is 0 Å². The van der Waals surface area contributed by atoms with Gasteiger partial charge in [0.2, 0.25) is 10.0 Å². The Morgan fingerprint density at radius 2 is 2.11 bits per heavy atom. The maximum atomic E-state index is 12.4. The summed E-state index contributed by atoms with van der Waals surface area (Å²) < 4.78 is 26.2. The number of carbonyl (C=O) groups excluding carboxylic acids is 1. The normalized spacial score (nSPS) is 16.7. The van der Waals surface area contributed by atoms with Crippen LogP contribution in [0.25, 0.3) is 0 Å². The minimum Gasteiger partial charge on any atom is -0.395 e. The van der Waals surface area contributed by atoms with Crippen LogP contribution in [0, 0.1) is 0 Å². The van der Waals surface area contributed by atoms with Gasteiger partial charge in [-0.15, -0.1) is 11.3 Å². The second-order valence-electron chi connectivity index (χ2n) is 4.20. The van der Waals surface area contributed by atoms with Gasteiger partial charge in [-0.3, -0.25) is 4.79 Å². The first-order chi connectivity index (χ1) is 9.07. The number of hydrogen-bond acceptors (Lipinski definition) is 5. The van der Waals surface area contributed by atoms with Crippen molar-refractivity contribution in [3.05, 3.63) is 16.3 Å². The lowest BCUT2D eigenvalue weighted by Gasteiger charge is -2.15. The lowest BCUT2D eigenvalue weighted by atomic mass is 10.4. The van der Waals surface area contributed by atoms with Crippen molar-refractivity contribution in [3.63, 3.8) is 0 Å². The van der Waals surface area contributed by atoms with Crippen molar-refractivity contribution in [1.29, 1.82) is 0 Å². The summed E-state index contributed by atoms with van der Waals surface area (Å²) in [6, 6.07) is 1.46. The van der Waals surface area contributed by atoms with E-state index >= 15 is 0 Å². The van der Waals surface area contributed by atoms with Gasteiger partial charge >= 0.3 is 0 Å². The Hall–Kier alpha value is -0.960. The molecule has 6 nitrogen and oxygen atoms in total. The van der Waals surface area contributed by atoms with Crippen LogP contribution in [-0.2, 0) is 10.0 Å². The zero-order valence-electron chi connectivity index (χ0n) is 10.3.